The normalized spacial score (nSPS) is 10.0. The zero-order valence-electron chi connectivity index (χ0n) is 10.7. The van der Waals surface area contributed by atoms with Crippen molar-refractivity contribution < 1.29 is 9.18 Å². The maximum atomic E-state index is 13.4. The van der Waals surface area contributed by atoms with Crippen molar-refractivity contribution in [2.45, 2.75) is 0 Å². The van der Waals surface area contributed by atoms with E-state index in [1.165, 1.54) is 18.2 Å². The molecule has 0 heterocycles. The molecule has 2 rings (SSSR count). The number of urea groups is 1. The van der Waals surface area contributed by atoms with Crippen LogP contribution in [0.3, 0.4) is 0 Å². The molecule has 7 heteroatoms. The van der Waals surface area contributed by atoms with Crippen LogP contribution >= 0.6 is 23.8 Å². The molecule has 21 heavy (non-hydrogen) atoms. The van der Waals surface area contributed by atoms with Gasteiger partial charge in [-0.1, -0.05) is 36.0 Å². The molecule has 0 unspecified atom stereocenters. The van der Waals surface area contributed by atoms with Crippen molar-refractivity contribution >= 4 is 46.2 Å². The number of rotatable bonds is 3. The van der Waals surface area contributed by atoms with E-state index in [4.69, 9.17) is 29.6 Å². The van der Waals surface area contributed by atoms with Crippen molar-refractivity contribution in [2.24, 2.45) is 5.73 Å². The van der Waals surface area contributed by atoms with Crippen LogP contribution in [-0.4, -0.2) is 11.0 Å². The van der Waals surface area contributed by atoms with Crippen molar-refractivity contribution in [2.75, 3.05) is 10.6 Å². The van der Waals surface area contributed by atoms with Crippen molar-refractivity contribution in [3.8, 4) is 0 Å². The van der Waals surface area contributed by atoms with Crippen molar-refractivity contribution in [1.29, 1.82) is 0 Å². The molecule has 0 saturated heterocycles. The maximum absolute atomic E-state index is 13.4. The van der Waals surface area contributed by atoms with Crippen LogP contribution in [0.5, 0.6) is 0 Å². The fraction of sp³-hybridized carbons (Fsp3) is 0. The molecule has 4 N–H and O–H groups in total. The summed E-state index contributed by atoms with van der Waals surface area (Å²) in [5.41, 5.74) is 6.52. The van der Waals surface area contributed by atoms with Crippen LogP contribution in [-0.2, 0) is 0 Å². The number of hydrogen-bond acceptors (Lipinski definition) is 2. The van der Waals surface area contributed by atoms with Gasteiger partial charge in [-0.25, -0.2) is 9.18 Å². The second-order valence-electron chi connectivity index (χ2n) is 4.12. The number of thiocarbonyl (C=S) groups is 1. The Bertz CT molecular complexity index is 708. The third-order valence-corrected chi connectivity index (χ3v) is 3.17. The molecule has 0 spiro atoms. The van der Waals surface area contributed by atoms with Crippen LogP contribution in [0, 0.1) is 5.82 Å². The minimum atomic E-state index is -0.606. The van der Waals surface area contributed by atoms with E-state index >= 15 is 0 Å². The first-order chi connectivity index (χ1) is 9.97. The first-order valence-corrected chi connectivity index (χ1v) is 6.68. The molecule has 0 bridgehead atoms. The highest BCUT2D eigenvalue weighted by Crippen LogP contribution is 2.23. The number of carbonyl (C=O) groups is 1. The highest BCUT2D eigenvalue weighted by Gasteiger charge is 2.09. The topological polar surface area (TPSA) is 67.1 Å². The summed E-state index contributed by atoms with van der Waals surface area (Å²) in [7, 11) is 0. The van der Waals surface area contributed by atoms with Gasteiger partial charge in [-0.15, -0.1) is 0 Å². The van der Waals surface area contributed by atoms with Crippen LogP contribution in [0.25, 0.3) is 0 Å². The predicted molar refractivity (Wildman–Crippen MR) is 86.4 cm³/mol. The summed E-state index contributed by atoms with van der Waals surface area (Å²) < 4.78 is 13.4. The quantitative estimate of drug-likeness (QED) is 0.753. The largest absolute Gasteiger partial charge is 0.389 e. The third-order valence-electron chi connectivity index (χ3n) is 2.62. The van der Waals surface area contributed by atoms with E-state index in [0.717, 1.165) is 0 Å². The Labute approximate surface area is 131 Å². The van der Waals surface area contributed by atoms with E-state index < -0.39 is 11.8 Å². The van der Waals surface area contributed by atoms with Crippen molar-refractivity contribution in [3.63, 3.8) is 0 Å². The Morgan fingerprint density at radius 3 is 2.43 bits per heavy atom. The van der Waals surface area contributed by atoms with Gasteiger partial charge in [0.25, 0.3) is 0 Å². The van der Waals surface area contributed by atoms with Crippen LogP contribution < -0.4 is 16.4 Å². The zero-order chi connectivity index (χ0) is 15.4. The lowest BCUT2D eigenvalue weighted by Gasteiger charge is -2.10. The molecule has 0 saturated carbocycles. The molecule has 0 aliphatic heterocycles. The highest BCUT2D eigenvalue weighted by atomic mass is 35.5. The number of halogens is 2. The van der Waals surface area contributed by atoms with Gasteiger partial charge in [0.1, 0.15) is 10.8 Å². The van der Waals surface area contributed by atoms with E-state index in [-0.39, 0.29) is 15.7 Å². The third kappa shape index (κ3) is 3.90. The molecule has 4 nitrogen and oxygen atoms in total. The number of hydrogen-bond donors (Lipinski definition) is 3. The molecule has 0 fully saturated rings. The van der Waals surface area contributed by atoms with E-state index in [1.54, 1.807) is 24.3 Å². The lowest BCUT2D eigenvalue weighted by molar-refractivity contribution is 0.262. The van der Waals surface area contributed by atoms with Crippen LogP contribution in [0.1, 0.15) is 5.56 Å². The number of amides is 2. The minimum Gasteiger partial charge on any atom is -0.389 e. The fourth-order valence-electron chi connectivity index (χ4n) is 1.61. The van der Waals surface area contributed by atoms with E-state index in [0.29, 0.717) is 11.3 Å². The van der Waals surface area contributed by atoms with Crippen LogP contribution in [0.15, 0.2) is 42.5 Å². The molecular weight excluding hydrogens is 313 g/mol. The lowest BCUT2D eigenvalue weighted by atomic mass is 10.2. The number of benzene rings is 2. The fourth-order valence-corrected chi connectivity index (χ4v) is 1.96. The molecule has 2 aromatic rings. The van der Waals surface area contributed by atoms with Crippen LogP contribution in [0.4, 0.5) is 20.6 Å². The number of nitrogens with one attached hydrogen (secondary N) is 2. The first-order valence-electron chi connectivity index (χ1n) is 5.89. The Balaban J connectivity index is 2.10. The van der Waals surface area contributed by atoms with Gasteiger partial charge in [0.2, 0.25) is 0 Å². The zero-order valence-corrected chi connectivity index (χ0v) is 12.3. The van der Waals surface area contributed by atoms with Crippen LogP contribution in [0.2, 0.25) is 5.02 Å². The predicted octanol–water partition coefficient (Wildman–Crippen LogP) is 3.76. The molecule has 0 aliphatic rings. The van der Waals surface area contributed by atoms with Crippen molar-refractivity contribution in [1.82, 2.24) is 0 Å². The van der Waals surface area contributed by atoms with Gasteiger partial charge in [-0.3, -0.25) is 0 Å². The minimum absolute atomic E-state index is 0.0749. The molecule has 0 aliphatic carbocycles. The van der Waals surface area contributed by atoms with Gasteiger partial charge in [-0.05, 0) is 30.3 Å². The number of anilines is 2. The summed E-state index contributed by atoms with van der Waals surface area (Å²) in [6.07, 6.45) is 0. The lowest BCUT2D eigenvalue weighted by Crippen LogP contribution is -2.20. The smallest absolute Gasteiger partial charge is 0.323 e. The average Bonchev–Trinajstić information content (AvgIpc) is 2.43. The Morgan fingerprint density at radius 2 is 1.81 bits per heavy atom. The van der Waals surface area contributed by atoms with Gasteiger partial charge in [-0.2, -0.15) is 0 Å². The summed E-state index contributed by atoms with van der Waals surface area (Å²) in [5.74, 6) is -0.525. The summed E-state index contributed by atoms with van der Waals surface area (Å²) in [6.45, 7) is 0. The van der Waals surface area contributed by atoms with Gasteiger partial charge in [0.15, 0.2) is 0 Å². The number of carbonyl (C=O) groups excluding carboxylic acids is 1. The monoisotopic (exact) mass is 323 g/mol. The van der Waals surface area contributed by atoms with Gasteiger partial charge >= 0.3 is 6.03 Å². The standard InChI is InChI=1S/C14H11ClFN3OS/c15-9-7-8(13(17)21)5-6-11(9)18-14(20)19-12-4-2-1-3-10(12)16/h1-7H,(H2,17,21)(H2,18,19,20). The average molecular weight is 324 g/mol. The Morgan fingerprint density at radius 1 is 1.14 bits per heavy atom. The molecule has 2 amide bonds. The first kappa shape index (κ1) is 15.2. The Hall–Kier alpha value is -2.18. The number of para-hydroxylation sites is 1. The summed E-state index contributed by atoms with van der Waals surface area (Å²) in [6, 6.07) is 9.98. The molecule has 0 radical (unpaired) electrons. The summed E-state index contributed by atoms with van der Waals surface area (Å²) in [4.78, 5) is 12.0. The van der Waals surface area contributed by atoms with E-state index in [2.05, 4.69) is 10.6 Å². The highest BCUT2D eigenvalue weighted by molar-refractivity contribution is 7.80. The molecule has 108 valence electrons. The second-order valence-corrected chi connectivity index (χ2v) is 4.96. The van der Waals surface area contributed by atoms with Crippen molar-refractivity contribution in [3.05, 3.63) is 58.9 Å². The second kappa shape index (κ2) is 6.51. The number of nitrogens with two attached hydrogens (primary N) is 1. The maximum Gasteiger partial charge on any atom is 0.323 e. The van der Waals surface area contributed by atoms with Gasteiger partial charge in [0.05, 0.1) is 16.4 Å². The summed E-state index contributed by atoms with van der Waals surface area (Å²) >= 11 is 10.9. The SMILES string of the molecule is NC(=S)c1ccc(NC(=O)Nc2ccccc2F)c(Cl)c1. The Kier molecular flexibility index (Phi) is 4.72. The molecular formula is C14H11ClFN3OS. The van der Waals surface area contributed by atoms with E-state index in [9.17, 15) is 9.18 Å². The summed E-state index contributed by atoms with van der Waals surface area (Å²) in [5, 5.41) is 5.19. The van der Waals surface area contributed by atoms with E-state index in [1.807, 2.05) is 0 Å². The molecule has 0 aromatic heterocycles. The van der Waals surface area contributed by atoms with Gasteiger partial charge < -0.3 is 16.4 Å². The molecule has 2 aromatic carbocycles. The molecule has 0 atom stereocenters. The van der Waals surface area contributed by atoms with Gasteiger partial charge in [0, 0.05) is 5.56 Å².